The third-order valence-electron chi connectivity index (χ3n) is 5.02. The van der Waals surface area contributed by atoms with Gasteiger partial charge in [-0.15, -0.1) is 0 Å². The first kappa shape index (κ1) is 22.0. The number of allylic oxidation sites excluding steroid dienone is 1. The van der Waals surface area contributed by atoms with Crippen molar-refractivity contribution in [2.45, 2.75) is 52.4 Å². The monoisotopic (exact) mass is 418 g/mol. The summed E-state index contributed by atoms with van der Waals surface area (Å²) in [4.78, 5) is 12.9. The van der Waals surface area contributed by atoms with E-state index in [2.05, 4.69) is 62.4 Å². The summed E-state index contributed by atoms with van der Waals surface area (Å²) in [5.41, 5.74) is 4.99. The van der Waals surface area contributed by atoms with Crippen molar-refractivity contribution >= 4 is 17.3 Å². The van der Waals surface area contributed by atoms with Gasteiger partial charge in [-0.1, -0.05) is 99.1 Å². The molecule has 0 bridgehead atoms. The normalized spacial score (nSPS) is 11.1. The van der Waals surface area contributed by atoms with Crippen molar-refractivity contribution in [2.75, 3.05) is 0 Å². The molecule has 1 heterocycles. The average molecular weight is 419 g/mol. The van der Waals surface area contributed by atoms with E-state index in [0.29, 0.717) is 5.06 Å². The minimum absolute atomic E-state index is 0.315. The fourth-order valence-corrected chi connectivity index (χ4v) is 4.15. The van der Waals surface area contributed by atoms with Gasteiger partial charge < -0.3 is 4.74 Å². The van der Waals surface area contributed by atoms with Crippen molar-refractivity contribution in [2.24, 2.45) is 0 Å². The van der Waals surface area contributed by atoms with Crippen LogP contribution in [0.5, 0.6) is 5.06 Å². The summed E-state index contributed by atoms with van der Waals surface area (Å²) in [6, 6.07) is 21.3. The van der Waals surface area contributed by atoms with Crippen molar-refractivity contribution in [3.8, 4) is 26.6 Å². The Morgan fingerprint density at radius 2 is 1.50 bits per heavy atom. The van der Waals surface area contributed by atoms with Gasteiger partial charge in [-0.2, -0.15) is 0 Å². The summed E-state index contributed by atoms with van der Waals surface area (Å²) < 4.78 is 5.40. The van der Waals surface area contributed by atoms with Crippen LogP contribution in [0.4, 0.5) is 0 Å². The number of thiophene rings is 1. The zero-order valence-electron chi connectivity index (χ0n) is 17.9. The van der Waals surface area contributed by atoms with Crippen molar-refractivity contribution in [3.05, 3.63) is 78.4 Å². The van der Waals surface area contributed by atoms with E-state index in [9.17, 15) is 4.79 Å². The standard InChI is InChI=1S/C27H30O2S/c1-3-5-7-9-21-11-13-22(14-12-21)23-15-17-24(18-16-23)25-19-20-27(30-25)29-26(28)10-8-6-4-2/h8,10-20H,3-7,9H2,1-2H3/b10-8+. The summed E-state index contributed by atoms with van der Waals surface area (Å²) in [7, 11) is 0. The van der Waals surface area contributed by atoms with E-state index in [0.717, 1.165) is 29.7 Å². The van der Waals surface area contributed by atoms with Gasteiger partial charge in [0.1, 0.15) is 0 Å². The van der Waals surface area contributed by atoms with Gasteiger partial charge in [0, 0.05) is 11.0 Å². The second-order valence-corrected chi connectivity index (χ2v) is 8.51. The Hall–Kier alpha value is -2.65. The van der Waals surface area contributed by atoms with Gasteiger partial charge in [0.05, 0.1) is 0 Å². The molecule has 2 nitrogen and oxygen atoms in total. The topological polar surface area (TPSA) is 26.3 Å². The van der Waals surface area contributed by atoms with Crippen LogP contribution in [-0.2, 0) is 11.2 Å². The highest BCUT2D eigenvalue weighted by molar-refractivity contribution is 7.17. The zero-order valence-corrected chi connectivity index (χ0v) is 18.7. The van der Waals surface area contributed by atoms with Crippen LogP contribution in [0.15, 0.2) is 72.8 Å². The van der Waals surface area contributed by atoms with Gasteiger partial charge in [0.15, 0.2) is 5.06 Å². The van der Waals surface area contributed by atoms with E-state index < -0.39 is 0 Å². The molecular formula is C27H30O2S. The molecule has 0 unspecified atom stereocenters. The van der Waals surface area contributed by atoms with E-state index in [1.54, 1.807) is 0 Å². The highest BCUT2D eigenvalue weighted by Crippen LogP contribution is 2.34. The van der Waals surface area contributed by atoms with Crippen molar-refractivity contribution < 1.29 is 9.53 Å². The Kier molecular flexibility index (Phi) is 8.46. The Labute approximate surface area is 184 Å². The first-order chi connectivity index (χ1) is 14.7. The first-order valence-corrected chi connectivity index (χ1v) is 11.7. The Morgan fingerprint density at radius 3 is 2.17 bits per heavy atom. The molecule has 30 heavy (non-hydrogen) atoms. The lowest BCUT2D eigenvalue weighted by Crippen LogP contribution is -2.01. The van der Waals surface area contributed by atoms with Crippen molar-refractivity contribution in [1.29, 1.82) is 0 Å². The fraction of sp³-hybridized carbons (Fsp3) is 0.296. The quantitative estimate of drug-likeness (QED) is 0.189. The van der Waals surface area contributed by atoms with Crippen LogP contribution in [0.3, 0.4) is 0 Å². The van der Waals surface area contributed by atoms with Crippen molar-refractivity contribution in [1.82, 2.24) is 0 Å². The van der Waals surface area contributed by atoms with Gasteiger partial charge in [-0.05, 0) is 53.6 Å². The Morgan fingerprint density at radius 1 is 0.833 bits per heavy atom. The highest BCUT2D eigenvalue weighted by Gasteiger charge is 2.07. The number of benzene rings is 2. The lowest BCUT2D eigenvalue weighted by molar-refractivity contribution is -0.128. The fourth-order valence-electron chi connectivity index (χ4n) is 3.28. The number of esters is 1. The molecule has 0 saturated carbocycles. The smallest absolute Gasteiger partial charge is 0.336 e. The number of rotatable bonds is 10. The third-order valence-corrected chi connectivity index (χ3v) is 6.03. The van der Waals surface area contributed by atoms with Crippen molar-refractivity contribution in [3.63, 3.8) is 0 Å². The number of carbonyl (C=O) groups is 1. The largest absolute Gasteiger partial charge is 0.412 e. The number of hydrogen-bond donors (Lipinski definition) is 0. The molecule has 0 spiro atoms. The molecule has 0 amide bonds. The molecule has 3 aromatic rings. The van der Waals surface area contributed by atoms with Gasteiger partial charge in [0.2, 0.25) is 0 Å². The zero-order chi connectivity index (χ0) is 21.2. The lowest BCUT2D eigenvalue weighted by atomic mass is 10.0. The SMILES string of the molecule is CCC/C=C/C(=O)Oc1ccc(-c2ccc(-c3ccc(CCCCC)cc3)cc2)s1. The third kappa shape index (κ3) is 6.43. The maximum atomic E-state index is 11.8. The van der Waals surface area contributed by atoms with Gasteiger partial charge in [-0.25, -0.2) is 4.79 Å². The minimum atomic E-state index is -0.315. The summed E-state index contributed by atoms with van der Waals surface area (Å²) in [6.07, 6.45) is 10.2. The van der Waals surface area contributed by atoms with Gasteiger partial charge >= 0.3 is 5.97 Å². The lowest BCUT2D eigenvalue weighted by Gasteiger charge is -2.06. The maximum absolute atomic E-state index is 11.8. The Balaban J connectivity index is 1.62. The molecule has 156 valence electrons. The Bertz CT molecular complexity index is 949. The molecule has 2 aromatic carbocycles. The number of aryl methyl sites for hydroxylation is 1. The minimum Gasteiger partial charge on any atom is -0.412 e. The van der Waals surface area contributed by atoms with Crippen LogP contribution in [0.1, 0.15) is 51.5 Å². The number of unbranched alkanes of at least 4 members (excludes halogenated alkanes) is 3. The van der Waals surface area contributed by atoms with E-state index in [1.165, 1.54) is 53.4 Å². The predicted molar refractivity (Wildman–Crippen MR) is 128 cm³/mol. The summed E-state index contributed by atoms with van der Waals surface area (Å²) in [6.45, 7) is 4.32. The molecule has 0 radical (unpaired) electrons. The number of carbonyl (C=O) groups excluding carboxylic acids is 1. The van der Waals surface area contributed by atoms with Crippen LogP contribution >= 0.6 is 11.3 Å². The van der Waals surface area contributed by atoms with Crippen LogP contribution in [0, 0.1) is 0 Å². The molecule has 3 rings (SSSR count). The predicted octanol–water partition coefficient (Wildman–Crippen LogP) is 8.08. The molecule has 0 aliphatic rings. The first-order valence-electron chi connectivity index (χ1n) is 10.9. The maximum Gasteiger partial charge on any atom is 0.336 e. The summed E-state index contributed by atoms with van der Waals surface area (Å²) >= 11 is 1.49. The van der Waals surface area contributed by atoms with E-state index in [4.69, 9.17) is 4.74 Å². The highest BCUT2D eigenvalue weighted by atomic mass is 32.1. The molecule has 0 aliphatic heterocycles. The molecule has 0 N–H and O–H groups in total. The molecule has 0 atom stereocenters. The number of hydrogen-bond acceptors (Lipinski definition) is 3. The second kappa shape index (κ2) is 11.5. The van der Waals surface area contributed by atoms with Gasteiger partial charge in [-0.3, -0.25) is 0 Å². The molecular weight excluding hydrogens is 388 g/mol. The van der Waals surface area contributed by atoms with Gasteiger partial charge in [0.25, 0.3) is 0 Å². The molecule has 1 aromatic heterocycles. The van der Waals surface area contributed by atoms with Crippen LogP contribution in [-0.4, -0.2) is 5.97 Å². The van der Waals surface area contributed by atoms with E-state index in [1.807, 2.05) is 18.2 Å². The number of ether oxygens (including phenoxy) is 1. The molecule has 3 heteroatoms. The average Bonchev–Trinajstić information content (AvgIpc) is 3.23. The molecule has 0 saturated heterocycles. The van der Waals surface area contributed by atoms with Crippen LogP contribution < -0.4 is 4.74 Å². The van der Waals surface area contributed by atoms with Crippen LogP contribution in [0.25, 0.3) is 21.6 Å². The molecule has 0 fully saturated rings. The van der Waals surface area contributed by atoms with E-state index >= 15 is 0 Å². The summed E-state index contributed by atoms with van der Waals surface area (Å²) in [5.74, 6) is -0.315. The van der Waals surface area contributed by atoms with Crippen LogP contribution in [0.2, 0.25) is 0 Å². The second-order valence-electron chi connectivity index (χ2n) is 7.46. The molecule has 0 aliphatic carbocycles. The van der Waals surface area contributed by atoms with E-state index in [-0.39, 0.29) is 5.97 Å². The summed E-state index contributed by atoms with van der Waals surface area (Å²) in [5, 5.41) is 0.624.